The van der Waals surface area contributed by atoms with Gasteiger partial charge in [0.15, 0.2) is 5.17 Å². The van der Waals surface area contributed by atoms with Crippen LogP contribution in [-0.4, -0.2) is 47.5 Å². The molecule has 2 atom stereocenters. The van der Waals surface area contributed by atoms with E-state index in [4.69, 9.17) is 0 Å². The normalized spacial score (nSPS) is 36.2. The Hall–Kier alpha value is -0.220. The standard InChI is InChI=1S/C12H21N3S/c1-9-6-13-12(16-8-9)14-10-4-5-15(7-10)11-2-3-11/h9-11H,2-8H2,1H3,(H,13,14). The van der Waals surface area contributed by atoms with Crippen molar-refractivity contribution >= 4 is 16.9 Å². The lowest BCUT2D eigenvalue weighted by atomic mass is 10.2. The maximum Gasteiger partial charge on any atom is 0.156 e. The number of nitrogens with one attached hydrogen (secondary N) is 1. The predicted octanol–water partition coefficient (Wildman–Crippen LogP) is 1.55. The molecule has 1 saturated heterocycles. The Labute approximate surface area is 102 Å². The second-order valence-electron chi connectivity index (χ2n) is 5.42. The van der Waals surface area contributed by atoms with Gasteiger partial charge in [-0.25, -0.2) is 0 Å². The van der Waals surface area contributed by atoms with Gasteiger partial charge in [-0.05, 0) is 25.2 Å². The van der Waals surface area contributed by atoms with E-state index in [0.29, 0.717) is 6.04 Å². The zero-order valence-corrected chi connectivity index (χ0v) is 10.8. The second kappa shape index (κ2) is 4.57. The highest BCUT2D eigenvalue weighted by molar-refractivity contribution is 8.13. The van der Waals surface area contributed by atoms with Crippen LogP contribution < -0.4 is 5.32 Å². The molecule has 0 amide bonds. The molecule has 0 aromatic carbocycles. The molecule has 0 bridgehead atoms. The minimum absolute atomic E-state index is 0.653. The van der Waals surface area contributed by atoms with Gasteiger partial charge in [-0.15, -0.1) is 0 Å². The monoisotopic (exact) mass is 239 g/mol. The second-order valence-corrected chi connectivity index (χ2v) is 6.43. The van der Waals surface area contributed by atoms with Gasteiger partial charge in [-0.3, -0.25) is 9.89 Å². The zero-order chi connectivity index (χ0) is 11.0. The van der Waals surface area contributed by atoms with Crippen LogP contribution in [0.5, 0.6) is 0 Å². The molecular formula is C12H21N3S. The Kier molecular flexibility index (Phi) is 3.11. The van der Waals surface area contributed by atoms with Crippen LogP contribution in [0, 0.1) is 5.92 Å². The van der Waals surface area contributed by atoms with Crippen LogP contribution in [0.1, 0.15) is 26.2 Å². The molecule has 0 radical (unpaired) electrons. The number of hydrogen-bond donors (Lipinski definition) is 1. The van der Waals surface area contributed by atoms with E-state index in [2.05, 4.69) is 22.1 Å². The molecule has 1 saturated carbocycles. The number of aliphatic imine (C=N–C) groups is 1. The summed E-state index contributed by atoms with van der Waals surface area (Å²) in [5, 5.41) is 4.82. The van der Waals surface area contributed by atoms with Crippen molar-refractivity contribution in [2.75, 3.05) is 25.4 Å². The van der Waals surface area contributed by atoms with Gasteiger partial charge in [-0.1, -0.05) is 18.7 Å². The van der Waals surface area contributed by atoms with Gasteiger partial charge in [0.2, 0.25) is 0 Å². The molecule has 2 unspecified atom stereocenters. The molecule has 0 aromatic heterocycles. The number of rotatable bonds is 2. The van der Waals surface area contributed by atoms with E-state index in [1.54, 1.807) is 0 Å². The first kappa shape index (κ1) is 10.9. The average Bonchev–Trinajstić information content (AvgIpc) is 3.04. The van der Waals surface area contributed by atoms with Crippen LogP contribution in [0.2, 0.25) is 0 Å². The lowest BCUT2D eigenvalue weighted by Crippen LogP contribution is -2.37. The number of nitrogens with zero attached hydrogens (tertiary/aromatic N) is 2. The predicted molar refractivity (Wildman–Crippen MR) is 70.1 cm³/mol. The molecule has 3 nitrogen and oxygen atoms in total. The maximum atomic E-state index is 4.61. The van der Waals surface area contributed by atoms with Crippen LogP contribution in [0.3, 0.4) is 0 Å². The summed E-state index contributed by atoms with van der Waals surface area (Å²) < 4.78 is 0. The van der Waals surface area contributed by atoms with Crippen molar-refractivity contribution in [3.05, 3.63) is 0 Å². The van der Waals surface area contributed by atoms with E-state index in [1.165, 1.54) is 43.3 Å². The third-order valence-electron chi connectivity index (χ3n) is 3.66. The Bertz CT molecular complexity index is 288. The summed E-state index contributed by atoms with van der Waals surface area (Å²) in [7, 11) is 0. The minimum Gasteiger partial charge on any atom is -0.361 e. The van der Waals surface area contributed by atoms with E-state index in [1.807, 2.05) is 11.8 Å². The highest BCUT2D eigenvalue weighted by Crippen LogP contribution is 2.30. The smallest absolute Gasteiger partial charge is 0.156 e. The van der Waals surface area contributed by atoms with Crippen molar-refractivity contribution in [2.24, 2.45) is 10.9 Å². The Morgan fingerprint density at radius 1 is 1.38 bits per heavy atom. The first-order chi connectivity index (χ1) is 7.81. The fraction of sp³-hybridized carbons (Fsp3) is 0.917. The summed E-state index contributed by atoms with van der Waals surface area (Å²) in [6.45, 7) is 5.81. The van der Waals surface area contributed by atoms with Crippen LogP contribution >= 0.6 is 11.8 Å². The molecule has 4 heteroatoms. The van der Waals surface area contributed by atoms with E-state index < -0.39 is 0 Å². The van der Waals surface area contributed by atoms with Gasteiger partial charge in [0.1, 0.15) is 0 Å². The summed E-state index contributed by atoms with van der Waals surface area (Å²) in [6.07, 6.45) is 4.16. The molecule has 0 aromatic rings. The van der Waals surface area contributed by atoms with Crippen molar-refractivity contribution < 1.29 is 0 Å². The Morgan fingerprint density at radius 2 is 2.25 bits per heavy atom. The molecule has 3 aliphatic rings. The van der Waals surface area contributed by atoms with E-state index >= 15 is 0 Å². The third kappa shape index (κ3) is 2.54. The summed E-state index contributed by atoms with van der Waals surface area (Å²) in [5.74, 6) is 1.98. The highest BCUT2D eigenvalue weighted by atomic mass is 32.2. The summed E-state index contributed by atoms with van der Waals surface area (Å²) >= 11 is 1.90. The average molecular weight is 239 g/mol. The number of likely N-dealkylation sites (tertiary alicyclic amines) is 1. The molecule has 90 valence electrons. The van der Waals surface area contributed by atoms with Crippen LogP contribution in [-0.2, 0) is 0 Å². The van der Waals surface area contributed by atoms with Crippen LogP contribution in [0.15, 0.2) is 4.99 Å². The van der Waals surface area contributed by atoms with Gasteiger partial charge >= 0.3 is 0 Å². The lowest BCUT2D eigenvalue weighted by molar-refractivity contribution is 0.322. The summed E-state index contributed by atoms with van der Waals surface area (Å²) in [6, 6.07) is 1.58. The van der Waals surface area contributed by atoms with Crippen molar-refractivity contribution in [3.63, 3.8) is 0 Å². The maximum absolute atomic E-state index is 4.61. The van der Waals surface area contributed by atoms with Gasteiger partial charge in [0.25, 0.3) is 0 Å². The number of thioether (sulfide) groups is 1. The van der Waals surface area contributed by atoms with E-state index in [0.717, 1.165) is 18.5 Å². The fourth-order valence-corrected chi connectivity index (χ4v) is 3.46. The van der Waals surface area contributed by atoms with Crippen molar-refractivity contribution in [1.29, 1.82) is 0 Å². The summed E-state index contributed by atoms with van der Waals surface area (Å²) in [5.41, 5.74) is 0. The quantitative estimate of drug-likeness (QED) is 0.792. The first-order valence-corrected chi connectivity index (χ1v) is 7.47. The Morgan fingerprint density at radius 3 is 2.94 bits per heavy atom. The third-order valence-corrected chi connectivity index (χ3v) is 4.92. The summed E-state index contributed by atoms with van der Waals surface area (Å²) in [4.78, 5) is 7.26. The van der Waals surface area contributed by atoms with Gasteiger partial charge in [0.05, 0.1) is 0 Å². The lowest BCUT2D eigenvalue weighted by Gasteiger charge is -2.21. The number of amidine groups is 1. The molecular weight excluding hydrogens is 218 g/mol. The molecule has 2 fully saturated rings. The molecule has 1 N–H and O–H groups in total. The SMILES string of the molecule is CC1CN=C(NC2CCN(C3CC3)C2)SC1. The molecule has 0 spiro atoms. The van der Waals surface area contributed by atoms with Gasteiger partial charge in [-0.2, -0.15) is 0 Å². The largest absolute Gasteiger partial charge is 0.361 e. The van der Waals surface area contributed by atoms with Gasteiger partial charge in [0, 0.05) is 37.5 Å². The molecule has 1 aliphatic carbocycles. The van der Waals surface area contributed by atoms with Crippen LogP contribution in [0.4, 0.5) is 0 Å². The topological polar surface area (TPSA) is 27.6 Å². The van der Waals surface area contributed by atoms with Crippen LogP contribution in [0.25, 0.3) is 0 Å². The number of hydrogen-bond acceptors (Lipinski definition) is 4. The first-order valence-electron chi connectivity index (χ1n) is 6.49. The highest BCUT2D eigenvalue weighted by Gasteiger charge is 2.34. The fourth-order valence-electron chi connectivity index (χ4n) is 2.50. The van der Waals surface area contributed by atoms with Crippen molar-refractivity contribution in [1.82, 2.24) is 10.2 Å². The van der Waals surface area contributed by atoms with Gasteiger partial charge < -0.3 is 5.32 Å². The minimum atomic E-state index is 0.653. The molecule has 16 heavy (non-hydrogen) atoms. The van der Waals surface area contributed by atoms with Crippen molar-refractivity contribution in [2.45, 2.75) is 38.3 Å². The van der Waals surface area contributed by atoms with E-state index in [-0.39, 0.29) is 0 Å². The molecule has 3 rings (SSSR count). The Balaban J connectivity index is 1.48. The zero-order valence-electron chi connectivity index (χ0n) is 9.98. The molecule has 2 heterocycles. The molecule has 2 aliphatic heterocycles. The van der Waals surface area contributed by atoms with Crippen molar-refractivity contribution in [3.8, 4) is 0 Å². The van der Waals surface area contributed by atoms with E-state index in [9.17, 15) is 0 Å².